The summed E-state index contributed by atoms with van der Waals surface area (Å²) in [6.45, 7) is 0. The molecule has 0 atom stereocenters. The molecule has 0 aliphatic rings. The number of carbonyl (C=O) groups excluding carboxylic acids is 1. The molecule has 0 saturated heterocycles. The highest BCUT2D eigenvalue weighted by molar-refractivity contribution is 7.99. The molecule has 3 aromatic carbocycles. The summed E-state index contributed by atoms with van der Waals surface area (Å²) in [6.07, 6.45) is 0. The molecule has 0 aliphatic heterocycles. The minimum Gasteiger partial charge on any atom is -0.497 e. The first-order chi connectivity index (χ1) is 16.5. The Morgan fingerprint density at radius 1 is 1.12 bits per heavy atom. The minimum atomic E-state index is -0.448. The zero-order chi connectivity index (χ0) is 23.7. The lowest BCUT2D eigenvalue weighted by molar-refractivity contribution is -0.113. The van der Waals surface area contributed by atoms with Gasteiger partial charge in [-0.25, -0.2) is 9.37 Å². The van der Waals surface area contributed by atoms with Crippen LogP contribution in [-0.4, -0.2) is 28.3 Å². The van der Waals surface area contributed by atoms with Gasteiger partial charge in [-0.1, -0.05) is 36.0 Å². The first-order valence-electron chi connectivity index (χ1n) is 10.3. The maximum Gasteiger partial charge on any atom is 0.302 e. The van der Waals surface area contributed by atoms with Gasteiger partial charge in [0, 0.05) is 17.1 Å². The standard InChI is InChI=1S/C25H18FN3O4S/c1-32-18-9-5-8-17(13-18)29-24(31)23-22(19-10-2-3-11-20(19)33-23)28-25(29)34-14-21(30)27-16-7-4-6-15(26)12-16/h2-13H,14H2,1H3,(H,27,30). The van der Waals surface area contributed by atoms with Crippen molar-refractivity contribution in [2.75, 3.05) is 18.2 Å². The molecular weight excluding hydrogens is 457 g/mol. The highest BCUT2D eigenvalue weighted by atomic mass is 32.2. The number of nitrogens with one attached hydrogen (secondary N) is 1. The second-order valence-electron chi connectivity index (χ2n) is 7.36. The van der Waals surface area contributed by atoms with Gasteiger partial charge in [-0.15, -0.1) is 0 Å². The monoisotopic (exact) mass is 475 g/mol. The van der Waals surface area contributed by atoms with Crippen LogP contribution in [0.3, 0.4) is 0 Å². The number of furan rings is 1. The predicted octanol–water partition coefficient (Wildman–Crippen LogP) is 5.01. The predicted molar refractivity (Wildman–Crippen MR) is 129 cm³/mol. The quantitative estimate of drug-likeness (QED) is 0.274. The van der Waals surface area contributed by atoms with E-state index in [1.807, 2.05) is 18.2 Å². The number of aromatic nitrogens is 2. The van der Waals surface area contributed by atoms with Crippen LogP contribution in [0.2, 0.25) is 0 Å². The fourth-order valence-corrected chi connectivity index (χ4v) is 4.39. The molecule has 0 aliphatic carbocycles. The van der Waals surface area contributed by atoms with Crippen LogP contribution in [0.1, 0.15) is 0 Å². The summed E-state index contributed by atoms with van der Waals surface area (Å²) >= 11 is 1.09. The van der Waals surface area contributed by atoms with Crippen LogP contribution in [0.15, 0.2) is 87.2 Å². The van der Waals surface area contributed by atoms with Crippen molar-refractivity contribution in [2.45, 2.75) is 5.16 Å². The Morgan fingerprint density at radius 2 is 1.94 bits per heavy atom. The molecule has 5 rings (SSSR count). The molecule has 5 aromatic rings. The summed E-state index contributed by atoms with van der Waals surface area (Å²) in [5.74, 6) is -0.293. The number of ether oxygens (including phenoxy) is 1. The fraction of sp³-hybridized carbons (Fsp3) is 0.0800. The lowest BCUT2D eigenvalue weighted by Gasteiger charge is -2.13. The minimum absolute atomic E-state index is 0.0474. The normalized spacial score (nSPS) is 11.1. The summed E-state index contributed by atoms with van der Waals surface area (Å²) in [7, 11) is 1.54. The number of hydrogen-bond acceptors (Lipinski definition) is 6. The molecular formula is C25H18FN3O4S. The Hall–Kier alpha value is -4.11. The van der Waals surface area contributed by atoms with Gasteiger partial charge in [0.15, 0.2) is 5.16 Å². The molecule has 1 amide bonds. The van der Waals surface area contributed by atoms with Gasteiger partial charge >= 0.3 is 5.56 Å². The van der Waals surface area contributed by atoms with E-state index in [0.29, 0.717) is 38.8 Å². The summed E-state index contributed by atoms with van der Waals surface area (Å²) < 4.78 is 26.0. The van der Waals surface area contributed by atoms with E-state index in [9.17, 15) is 14.0 Å². The zero-order valence-electron chi connectivity index (χ0n) is 17.9. The number of benzene rings is 3. The van der Waals surface area contributed by atoms with Gasteiger partial charge in [-0.05, 0) is 42.5 Å². The molecule has 0 unspecified atom stereocenters. The number of nitrogens with zero attached hydrogens (tertiary/aromatic N) is 2. The average molecular weight is 476 g/mol. The van der Waals surface area contributed by atoms with Crippen molar-refractivity contribution >= 4 is 45.4 Å². The topological polar surface area (TPSA) is 86.4 Å². The van der Waals surface area contributed by atoms with E-state index in [1.54, 1.807) is 36.4 Å². The Balaban J connectivity index is 1.57. The first kappa shape index (κ1) is 21.7. The van der Waals surface area contributed by atoms with Crippen LogP contribution in [0, 0.1) is 5.82 Å². The van der Waals surface area contributed by atoms with Crippen molar-refractivity contribution in [3.05, 3.63) is 89.0 Å². The van der Waals surface area contributed by atoms with E-state index >= 15 is 0 Å². The van der Waals surface area contributed by atoms with Gasteiger partial charge in [0.05, 0.1) is 18.6 Å². The van der Waals surface area contributed by atoms with Crippen LogP contribution in [0.25, 0.3) is 27.8 Å². The third kappa shape index (κ3) is 4.13. The number of carbonyl (C=O) groups is 1. The van der Waals surface area contributed by atoms with Crippen molar-refractivity contribution in [3.63, 3.8) is 0 Å². The van der Waals surface area contributed by atoms with E-state index in [0.717, 1.165) is 11.8 Å². The SMILES string of the molecule is COc1cccc(-n2c(SCC(=O)Nc3cccc(F)c3)nc3c(oc4ccccc43)c2=O)c1. The van der Waals surface area contributed by atoms with Crippen molar-refractivity contribution < 1.29 is 18.3 Å². The molecule has 0 spiro atoms. The van der Waals surface area contributed by atoms with Crippen molar-refractivity contribution in [1.82, 2.24) is 9.55 Å². The average Bonchev–Trinajstić information content (AvgIpc) is 3.22. The molecule has 0 saturated carbocycles. The number of thioether (sulfide) groups is 1. The van der Waals surface area contributed by atoms with Crippen molar-refractivity contribution in [1.29, 1.82) is 0 Å². The summed E-state index contributed by atoms with van der Waals surface area (Å²) in [6, 6.07) is 19.9. The van der Waals surface area contributed by atoms with Crippen LogP contribution < -0.4 is 15.6 Å². The lowest BCUT2D eigenvalue weighted by atomic mass is 10.2. The summed E-state index contributed by atoms with van der Waals surface area (Å²) in [5, 5.41) is 3.67. The lowest BCUT2D eigenvalue weighted by Crippen LogP contribution is -2.22. The van der Waals surface area contributed by atoms with Gasteiger partial charge in [-0.2, -0.15) is 0 Å². The third-order valence-electron chi connectivity index (χ3n) is 5.12. The highest BCUT2D eigenvalue weighted by Crippen LogP contribution is 2.29. The van der Waals surface area contributed by atoms with Gasteiger partial charge in [0.2, 0.25) is 11.5 Å². The number of amides is 1. The van der Waals surface area contributed by atoms with Crippen LogP contribution in [0.4, 0.5) is 10.1 Å². The molecule has 34 heavy (non-hydrogen) atoms. The fourth-order valence-electron chi connectivity index (χ4n) is 3.59. The number of para-hydroxylation sites is 1. The molecule has 2 heterocycles. The molecule has 1 N–H and O–H groups in total. The van der Waals surface area contributed by atoms with Crippen LogP contribution >= 0.6 is 11.8 Å². The zero-order valence-corrected chi connectivity index (χ0v) is 18.8. The van der Waals surface area contributed by atoms with E-state index in [-0.39, 0.29) is 17.2 Å². The van der Waals surface area contributed by atoms with Crippen molar-refractivity contribution in [3.8, 4) is 11.4 Å². The van der Waals surface area contributed by atoms with Gasteiger partial charge < -0.3 is 14.5 Å². The molecule has 170 valence electrons. The van der Waals surface area contributed by atoms with Gasteiger partial charge in [0.1, 0.15) is 22.7 Å². The first-order valence-corrected chi connectivity index (χ1v) is 11.3. The number of methoxy groups -OCH3 is 1. The van der Waals surface area contributed by atoms with Gasteiger partial charge in [0.25, 0.3) is 0 Å². The van der Waals surface area contributed by atoms with E-state index in [4.69, 9.17) is 14.1 Å². The number of fused-ring (bicyclic) bond motifs is 3. The molecule has 9 heteroatoms. The largest absolute Gasteiger partial charge is 0.497 e. The second kappa shape index (κ2) is 9.03. The maximum absolute atomic E-state index is 13.5. The van der Waals surface area contributed by atoms with E-state index < -0.39 is 11.4 Å². The number of halogens is 1. The molecule has 2 aromatic heterocycles. The van der Waals surface area contributed by atoms with Crippen LogP contribution in [-0.2, 0) is 4.79 Å². The molecule has 7 nitrogen and oxygen atoms in total. The molecule has 0 radical (unpaired) electrons. The summed E-state index contributed by atoms with van der Waals surface area (Å²) in [5.41, 5.74) is 1.56. The third-order valence-corrected chi connectivity index (χ3v) is 6.06. The Bertz CT molecular complexity index is 1590. The van der Waals surface area contributed by atoms with Crippen LogP contribution in [0.5, 0.6) is 5.75 Å². The molecule has 0 bridgehead atoms. The highest BCUT2D eigenvalue weighted by Gasteiger charge is 2.20. The molecule has 0 fully saturated rings. The number of rotatable bonds is 6. The maximum atomic E-state index is 13.5. The van der Waals surface area contributed by atoms with E-state index in [1.165, 1.54) is 29.9 Å². The Labute approximate surface area is 197 Å². The number of anilines is 1. The van der Waals surface area contributed by atoms with E-state index in [2.05, 4.69) is 5.32 Å². The Kier molecular flexibility index (Phi) is 5.77. The second-order valence-corrected chi connectivity index (χ2v) is 8.30. The summed E-state index contributed by atoms with van der Waals surface area (Å²) in [4.78, 5) is 30.8. The van der Waals surface area contributed by atoms with Crippen molar-refractivity contribution in [2.24, 2.45) is 0 Å². The number of hydrogen-bond donors (Lipinski definition) is 1. The Morgan fingerprint density at radius 3 is 2.76 bits per heavy atom. The van der Waals surface area contributed by atoms with Gasteiger partial charge in [-0.3, -0.25) is 14.2 Å². The smallest absolute Gasteiger partial charge is 0.302 e.